The lowest BCUT2D eigenvalue weighted by molar-refractivity contribution is -0.124. The molecule has 0 aromatic carbocycles. The lowest BCUT2D eigenvalue weighted by Crippen LogP contribution is -2.35. The van der Waals surface area contributed by atoms with E-state index in [1.807, 2.05) is 6.92 Å². The second kappa shape index (κ2) is 9.64. The first kappa shape index (κ1) is 15.4. The van der Waals surface area contributed by atoms with Crippen LogP contribution in [0.4, 0.5) is 0 Å². The van der Waals surface area contributed by atoms with Gasteiger partial charge >= 0.3 is 0 Å². The molecule has 0 fully saturated rings. The minimum absolute atomic E-state index is 0.0741. The molecule has 0 saturated carbocycles. The van der Waals surface area contributed by atoms with Crippen LogP contribution in [0.15, 0.2) is 0 Å². The molecule has 1 unspecified atom stereocenters. The molecule has 0 saturated heterocycles. The molecule has 1 amide bonds. The molecule has 2 N–H and O–H groups in total. The van der Waals surface area contributed by atoms with Gasteiger partial charge in [-0.25, -0.2) is 0 Å². The summed E-state index contributed by atoms with van der Waals surface area (Å²) < 4.78 is 0. The maximum absolute atomic E-state index is 11.6. The zero-order valence-electron chi connectivity index (χ0n) is 11.3. The third-order valence-electron chi connectivity index (χ3n) is 2.66. The second-order valence-corrected chi connectivity index (χ2v) is 4.89. The fraction of sp³-hybridized carbons (Fsp3) is 0.923. The topological polar surface area (TPSA) is 41.1 Å². The first-order valence-electron chi connectivity index (χ1n) is 6.56. The second-order valence-electron chi connectivity index (χ2n) is 4.89. The Hall–Kier alpha value is -0.570. The largest absolute Gasteiger partial charge is 0.356 e. The summed E-state index contributed by atoms with van der Waals surface area (Å²) in [6.45, 7) is 11.0. The Morgan fingerprint density at radius 3 is 2.44 bits per heavy atom. The van der Waals surface area contributed by atoms with Crippen molar-refractivity contribution in [3.63, 3.8) is 0 Å². The van der Waals surface area contributed by atoms with Crippen LogP contribution in [-0.4, -0.2) is 25.5 Å². The number of unbranched alkanes of at least 4 members (excludes halogenated alkanes) is 1. The third-order valence-corrected chi connectivity index (χ3v) is 2.66. The zero-order chi connectivity index (χ0) is 12.4. The van der Waals surface area contributed by atoms with Crippen molar-refractivity contribution in [2.75, 3.05) is 19.6 Å². The predicted octanol–water partition coefficient (Wildman–Crippen LogP) is 2.17. The average molecular weight is 228 g/mol. The normalized spacial score (nSPS) is 12.8. The summed E-state index contributed by atoms with van der Waals surface area (Å²) in [6.07, 6.45) is 3.56. The highest BCUT2D eigenvalue weighted by molar-refractivity contribution is 5.78. The SMILES string of the molecule is CCNCC(C)C(=O)NCCCCC(C)C. The minimum Gasteiger partial charge on any atom is -0.356 e. The van der Waals surface area contributed by atoms with E-state index in [1.165, 1.54) is 12.8 Å². The van der Waals surface area contributed by atoms with Gasteiger partial charge in [-0.1, -0.05) is 40.5 Å². The summed E-state index contributed by atoms with van der Waals surface area (Å²) in [5.41, 5.74) is 0. The van der Waals surface area contributed by atoms with E-state index in [-0.39, 0.29) is 11.8 Å². The molecule has 96 valence electrons. The summed E-state index contributed by atoms with van der Waals surface area (Å²) in [6, 6.07) is 0. The molecule has 0 rings (SSSR count). The third kappa shape index (κ3) is 8.72. The first-order valence-corrected chi connectivity index (χ1v) is 6.56. The highest BCUT2D eigenvalue weighted by Gasteiger charge is 2.10. The molecule has 0 heterocycles. The molecule has 16 heavy (non-hydrogen) atoms. The van der Waals surface area contributed by atoms with Crippen LogP contribution < -0.4 is 10.6 Å². The number of rotatable bonds is 9. The van der Waals surface area contributed by atoms with E-state index in [1.54, 1.807) is 0 Å². The van der Waals surface area contributed by atoms with E-state index in [4.69, 9.17) is 0 Å². The van der Waals surface area contributed by atoms with Gasteiger partial charge in [-0.15, -0.1) is 0 Å². The molecule has 0 aliphatic rings. The molecule has 3 heteroatoms. The molecule has 0 aliphatic carbocycles. The highest BCUT2D eigenvalue weighted by Crippen LogP contribution is 2.05. The number of amides is 1. The van der Waals surface area contributed by atoms with Gasteiger partial charge in [0.15, 0.2) is 0 Å². The fourth-order valence-electron chi connectivity index (χ4n) is 1.52. The van der Waals surface area contributed by atoms with Crippen LogP contribution >= 0.6 is 0 Å². The monoisotopic (exact) mass is 228 g/mol. The van der Waals surface area contributed by atoms with Crippen LogP contribution in [0.5, 0.6) is 0 Å². The Bertz CT molecular complexity index is 181. The Kier molecular flexibility index (Phi) is 9.30. The first-order chi connectivity index (χ1) is 7.57. The van der Waals surface area contributed by atoms with Crippen LogP contribution in [0.3, 0.4) is 0 Å². The molecule has 0 aromatic heterocycles. The van der Waals surface area contributed by atoms with Gasteiger partial charge in [0.1, 0.15) is 0 Å². The molecule has 1 atom stereocenters. The van der Waals surface area contributed by atoms with Gasteiger partial charge in [-0.2, -0.15) is 0 Å². The van der Waals surface area contributed by atoms with E-state index in [0.29, 0.717) is 0 Å². The maximum atomic E-state index is 11.6. The van der Waals surface area contributed by atoms with Crippen molar-refractivity contribution in [3.05, 3.63) is 0 Å². The molecule has 3 nitrogen and oxygen atoms in total. The van der Waals surface area contributed by atoms with Gasteiger partial charge in [0.25, 0.3) is 0 Å². The molecular weight excluding hydrogens is 200 g/mol. The van der Waals surface area contributed by atoms with Crippen molar-refractivity contribution in [3.8, 4) is 0 Å². The number of nitrogens with one attached hydrogen (secondary N) is 2. The highest BCUT2D eigenvalue weighted by atomic mass is 16.1. The summed E-state index contributed by atoms with van der Waals surface area (Å²) in [5, 5.41) is 6.17. The quantitative estimate of drug-likeness (QED) is 0.594. The predicted molar refractivity (Wildman–Crippen MR) is 69.4 cm³/mol. The lowest BCUT2D eigenvalue weighted by atomic mass is 10.1. The van der Waals surface area contributed by atoms with Gasteiger partial charge in [-0.05, 0) is 18.9 Å². The smallest absolute Gasteiger partial charge is 0.224 e. The number of hydrogen-bond donors (Lipinski definition) is 2. The molecule has 0 bridgehead atoms. The van der Waals surface area contributed by atoms with Gasteiger partial charge in [0.2, 0.25) is 5.91 Å². The molecule has 0 aliphatic heterocycles. The average Bonchev–Trinajstić information content (AvgIpc) is 2.24. The number of carbonyl (C=O) groups is 1. The van der Waals surface area contributed by atoms with Crippen molar-refractivity contribution in [1.82, 2.24) is 10.6 Å². The summed E-state index contributed by atoms with van der Waals surface area (Å²) in [4.78, 5) is 11.6. The number of carbonyl (C=O) groups excluding carboxylic acids is 1. The molecule has 0 radical (unpaired) electrons. The van der Waals surface area contributed by atoms with E-state index >= 15 is 0 Å². The fourth-order valence-corrected chi connectivity index (χ4v) is 1.52. The van der Waals surface area contributed by atoms with Gasteiger partial charge in [0.05, 0.1) is 0 Å². The standard InChI is InChI=1S/C13H28N2O/c1-5-14-10-12(4)13(16)15-9-7-6-8-11(2)3/h11-12,14H,5-10H2,1-4H3,(H,15,16). The van der Waals surface area contributed by atoms with Crippen LogP contribution in [0.1, 0.15) is 47.0 Å². The Labute approximate surface area is 100 Å². The molecule has 0 aromatic rings. The lowest BCUT2D eigenvalue weighted by Gasteiger charge is -2.12. The Morgan fingerprint density at radius 1 is 1.19 bits per heavy atom. The van der Waals surface area contributed by atoms with Crippen LogP contribution in [0.25, 0.3) is 0 Å². The maximum Gasteiger partial charge on any atom is 0.224 e. The summed E-state index contributed by atoms with van der Waals surface area (Å²) >= 11 is 0. The Balaban J connectivity index is 3.42. The van der Waals surface area contributed by atoms with Gasteiger partial charge < -0.3 is 10.6 Å². The van der Waals surface area contributed by atoms with Crippen molar-refractivity contribution in [1.29, 1.82) is 0 Å². The zero-order valence-corrected chi connectivity index (χ0v) is 11.3. The Morgan fingerprint density at radius 2 is 1.88 bits per heavy atom. The minimum atomic E-state index is 0.0741. The van der Waals surface area contributed by atoms with E-state index < -0.39 is 0 Å². The van der Waals surface area contributed by atoms with Crippen molar-refractivity contribution in [2.45, 2.75) is 47.0 Å². The van der Waals surface area contributed by atoms with E-state index in [0.717, 1.165) is 32.0 Å². The van der Waals surface area contributed by atoms with Crippen LogP contribution in [0.2, 0.25) is 0 Å². The molecular formula is C13H28N2O. The van der Waals surface area contributed by atoms with Crippen LogP contribution in [-0.2, 0) is 4.79 Å². The van der Waals surface area contributed by atoms with Crippen LogP contribution in [0, 0.1) is 11.8 Å². The number of hydrogen-bond acceptors (Lipinski definition) is 2. The van der Waals surface area contributed by atoms with Crippen molar-refractivity contribution >= 4 is 5.91 Å². The van der Waals surface area contributed by atoms with Crippen molar-refractivity contribution < 1.29 is 4.79 Å². The summed E-state index contributed by atoms with van der Waals surface area (Å²) in [7, 11) is 0. The summed E-state index contributed by atoms with van der Waals surface area (Å²) in [5.74, 6) is 1.01. The van der Waals surface area contributed by atoms with Gasteiger partial charge in [-0.3, -0.25) is 4.79 Å². The molecule has 0 spiro atoms. The van der Waals surface area contributed by atoms with Crippen molar-refractivity contribution in [2.24, 2.45) is 11.8 Å². The van der Waals surface area contributed by atoms with E-state index in [9.17, 15) is 4.79 Å². The van der Waals surface area contributed by atoms with E-state index in [2.05, 4.69) is 31.4 Å². The van der Waals surface area contributed by atoms with Gasteiger partial charge in [0, 0.05) is 19.0 Å².